The maximum absolute atomic E-state index is 10.5. The highest BCUT2D eigenvalue weighted by molar-refractivity contribution is 5.75. The molecule has 0 amide bonds. The number of carbonyl (C=O) groups excluding carboxylic acids is 1. The molecule has 2 rings (SSSR count). The topological polar surface area (TPSA) is 50.1 Å². The van der Waals surface area contributed by atoms with Gasteiger partial charge in [-0.2, -0.15) is 5.26 Å². The van der Waals surface area contributed by atoms with Crippen molar-refractivity contribution in [2.45, 2.75) is 0 Å². The van der Waals surface area contributed by atoms with Gasteiger partial charge in [-0.3, -0.25) is 4.79 Å². The van der Waals surface area contributed by atoms with E-state index in [1.54, 1.807) is 36.4 Å². The molecule has 20 heavy (non-hydrogen) atoms. The SMILES string of the molecule is N#Cc1ccc(OC/C=C/c2ccc(C=O)cc2)cc1. The van der Waals surface area contributed by atoms with Gasteiger partial charge in [0.25, 0.3) is 0 Å². The van der Waals surface area contributed by atoms with E-state index in [-0.39, 0.29) is 0 Å². The monoisotopic (exact) mass is 263 g/mol. The second-order valence-electron chi connectivity index (χ2n) is 4.13. The quantitative estimate of drug-likeness (QED) is 0.776. The van der Waals surface area contributed by atoms with E-state index in [2.05, 4.69) is 6.07 Å². The molecule has 0 saturated heterocycles. The van der Waals surface area contributed by atoms with Crippen LogP contribution in [0.25, 0.3) is 6.08 Å². The lowest BCUT2D eigenvalue weighted by Crippen LogP contribution is -1.93. The second-order valence-corrected chi connectivity index (χ2v) is 4.13. The van der Waals surface area contributed by atoms with Gasteiger partial charge in [-0.05, 0) is 35.9 Å². The Balaban J connectivity index is 1.86. The van der Waals surface area contributed by atoms with Crippen molar-refractivity contribution < 1.29 is 9.53 Å². The fourth-order valence-electron chi connectivity index (χ4n) is 1.64. The zero-order valence-corrected chi connectivity index (χ0v) is 10.8. The van der Waals surface area contributed by atoms with E-state index in [1.807, 2.05) is 24.3 Å². The maximum atomic E-state index is 10.5. The molecule has 0 aliphatic rings. The van der Waals surface area contributed by atoms with E-state index in [1.165, 1.54) is 0 Å². The van der Waals surface area contributed by atoms with Crippen molar-refractivity contribution in [3.05, 3.63) is 71.3 Å². The van der Waals surface area contributed by atoms with Gasteiger partial charge in [0.1, 0.15) is 18.6 Å². The average molecular weight is 263 g/mol. The first-order valence-corrected chi connectivity index (χ1v) is 6.16. The van der Waals surface area contributed by atoms with Crippen LogP contribution in [0, 0.1) is 11.3 Å². The molecule has 0 fully saturated rings. The van der Waals surface area contributed by atoms with Crippen LogP contribution in [0.15, 0.2) is 54.6 Å². The molecular formula is C17H13NO2. The number of rotatable bonds is 5. The van der Waals surface area contributed by atoms with E-state index in [0.717, 1.165) is 17.6 Å². The highest BCUT2D eigenvalue weighted by Gasteiger charge is 1.93. The van der Waals surface area contributed by atoms with Gasteiger partial charge < -0.3 is 4.74 Å². The standard InChI is InChI=1S/C17H13NO2/c18-12-15-7-9-17(10-8-15)20-11-1-2-14-3-5-16(13-19)6-4-14/h1-10,13H,11H2/b2-1+. The summed E-state index contributed by atoms with van der Waals surface area (Å²) in [6, 6.07) is 16.3. The van der Waals surface area contributed by atoms with Crippen molar-refractivity contribution >= 4 is 12.4 Å². The summed E-state index contributed by atoms with van der Waals surface area (Å²) in [5, 5.41) is 8.68. The predicted molar refractivity (Wildman–Crippen MR) is 77.5 cm³/mol. The lowest BCUT2D eigenvalue weighted by molar-refractivity contribution is 0.112. The summed E-state index contributed by atoms with van der Waals surface area (Å²) in [6.45, 7) is 0.446. The molecule has 0 spiro atoms. The van der Waals surface area contributed by atoms with Crippen LogP contribution >= 0.6 is 0 Å². The van der Waals surface area contributed by atoms with Crippen LogP contribution in [0.1, 0.15) is 21.5 Å². The Hall–Kier alpha value is -2.86. The zero-order valence-electron chi connectivity index (χ0n) is 10.8. The number of hydrogen-bond donors (Lipinski definition) is 0. The van der Waals surface area contributed by atoms with Gasteiger partial charge in [-0.1, -0.05) is 30.3 Å². The minimum atomic E-state index is 0.446. The van der Waals surface area contributed by atoms with Gasteiger partial charge in [-0.25, -0.2) is 0 Å². The molecular weight excluding hydrogens is 250 g/mol. The third kappa shape index (κ3) is 3.82. The third-order valence-corrected chi connectivity index (χ3v) is 2.71. The van der Waals surface area contributed by atoms with Crippen molar-refractivity contribution in [3.8, 4) is 11.8 Å². The number of nitrogens with zero attached hydrogens (tertiary/aromatic N) is 1. The van der Waals surface area contributed by atoms with Crippen LogP contribution < -0.4 is 4.74 Å². The van der Waals surface area contributed by atoms with E-state index in [9.17, 15) is 4.79 Å². The first-order valence-electron chi connectivity index (χ1n) is 6.16. The molecule has 98 valence electrons. The van der Waals surface area contributed by atoms with Crippen molar-refractivity contribution in [3.63, 3.8) is 0 Å². The summed E-state index contributed by atoms with van der Waals surface area (Å²) in [7, 11) is 0. The molecule has 0 atom stereocenters. The van der Waals surface area contributed by atoms with Gasteiger partial charge in [0.15, 0.2) is 0 Å². The predicted octanol–water partition coefficient (Wildman–Crippen LogP) is 3.46. The van der Waals surface area contributed by atoms with Gasteiger partial charge in [0.05, 0.1) is 11.6 Å². The number of benzene rings is 2. The summed E-state index contributed by atoms with van der Waals surface area (Å²) in [5.74, 6) is 0.727. The summed E-state index contributed by atoms with van der Waals surface area (Å²) < 4.78 is 5.52. The maximum Gasteiger partial charge on any atom is 0.150 e. The number of aldehydes is 1. The molecule has 0 aliphatic heterocycles. The second kappa shape index (κ2) is 6.91. The first-order chi connectivity index (χ1) is 9.81. The highest BCUT2D eigenvalue weighted by atomic mass is 16.5. The highest BCUT2D eigenvalue weighted by Crippen LogP contribution is 2.11. The minimum Gasteiger partial charge on any atom is -0.490 e. The largest absolute Gasteiger partial charge is 0.490 e. The summed E-state index contributed by atoms with van der Waals surface area (Å²) in [4.78, 5) is 10.5. The molecule has 0 unspecified atom stereocenters. The molecule has 0 aliphatic carbocycles. The smallest absolute Gasteiger partial charge is 0.150 e. The summed E-state index contributed by atoms with van der Waals surface area (Å²) >= 11 is 0. The van der Waals surface area contributed by atoms with Crippen LogP contribution in [0.4, 0.5) is 0 Å². The Morgan fingerprint density at radius 3 is 2.25 bits per heavy atom. The third-order valence-electron chi connectivity index (χ3n) is 2.71. The fourth-order valence-corrected chi connectivity index (χ4v) is 1.64. The molecule has 0 radical (unpaired) electrons. The fraction of sp³-hybridized carbons (Fsp3) is 0.0588. The molecule has 0 heterocycles. The van der Waals surface area contributed by atoms with Gasteiger partial charge in [0, 0.05) is 5.56 Å². The lowest BCUT2D eigenvalue weighted by Gasteiger charge is -2.02. The van der Waals surface area contributed by atoms with Crippen molar-refractivity contribution in [1.29, 1.82) is 5.26 Å². The van der Waals surface area contributed by atoms with E-state index >= 15 is 0 Å². The van der Waals surface area contributed by atoms with E-state index < -0.39 is 0 Å². The molecule has 3 nitrogen and oxygen atoms in total. The zero-order chi connectivity index (χ0) is 14.2. The molecule has 0 aromatic heterocycles. The number of hydrogen-bond acceptors (Lipinski definition) is 3. The number of nitriles is 1. The van der Waals surface area contributed by atoms with Crippen molar-refractivity contribution in [2.75, 3.05) is 6.61 Å². The molecule has 0 N–H and O–H groups in total. The van der Waals surface area contributed by atoms with Crippen LogP contribution in [-0.4, -0.2) is 12.9 Å². The minimum absolute atomic E-state index is 0.446. The normalized spacial score (nSPS) is 10.2. The summed E-state index contributed by atoms with van der Waals surface area (Å²) in [6.07, 6.45) is 4.65. The molecule has 2 aromatic carbocycles. The van der Waals surface area contributed by atoms with Crippen molar-refractivity contribution in [1.82, 2.24) is 0 Å². The summed E-state index contributed by atoms with van der Waals surface area (Å²) in [5.41, 5.74) is 2.29. The first kappa shape index (κ1) is 13.6. The van der Waals surface area contributed by atoms with Crippen molar-refractivity contribution in [2.24, 2.45) is 0 Å². The van der Waals surface area contributed by atoms with Crippen LogP contribution in [0.3, 0.4) is 0 Å². The lowest BCUT2D eigenvalue weighted by atomic mass is 10.1. The average Bonchev–Trinajstić information content (AvgIpc) is 2.53. The van der Waals surface area contributed by atoms with Gasteiger partial charge in [-0.15, -0.1) is 0 Å². The molecule has 3 heteroatoms. The Morgan fingerprint density at radius 2 is 1.65 bits per heavy atom. The number of ether oxygens (including phenoxy) is 1. The van der Waals surface area contributed by atoms with Crippen LogP contribution in [-0.2, 0) is 0 Å². The molecule has 2 aromatic rings. The molecule has 0 bridgehead atoms. The Labute approximate surface area is 117 Å². The van der Waals surface area contributed by atoms with Gasteiger partial charge >= 0.3 is 0 Å². The van der Waals surface area contributed by atoms with Crippen LogP contribution in [0.5, 0.6) is 5.75 Å². The Bertz CT molecular complexity index is 634. The van der Waals surface area contributed by atoms with E-state index in [0.29, 0.717) is 17.7 Å². The Morgan fingerprint density at radius 1 is 1.00 bits per heavy atom. The molecule has 0 saturated carbocycles. The number of carbonyl (C=O) groups is 1. The Kier molecular flexibility index (Phi) is 4.69. The van der Waals surface area contributed by atoms with E-state index in [4.69, 9.17) is 10.00 Å². The van der Waals surface area contributed by atoms with Gasteiger partial charge in [0.2, 0.25) is 0 Å². The van der Waals surface area contributed by atoms with Crippen LogP contribution in [0.2, 0.25) is 0 Å².